The smallest absolute Gasteiger partial charge is 0.0433 e. The molecule has 1 aliphatic heterocycles. The molecule has 2 rings (SSSR count). The van der Waals surface area contributed by atoms with E-state index in [-0.39, 0.29) is 0 Å². The van der Waals surface area contributed by atoms with E-state index < -0.39 is 0 Å². The molecule has 1 N–H and O–H groups in total. The zero-order valence-corrected chi connectivity index (χ0v) is 11.7. The van der Waals surface area contributed by atoms with E-state index in [0.29, 0.717) is 6.61 Å². The number of nitrogens with zero attached hydrogens (tertiary/aromatic N) is 1. The Morgan fingerprint density at radius 3 is 2.59 bits per heavy atom. The van der Waals surface area contributed by atoms with Gasteiger partial charge in [0, 0.05) is 17.6 Å². The van der Waals surface area contributed by atoms with Crippen molar-refractivity contribution in [1.82, 2.24) is 4.90 Å². The molecule has 3 heteroatoms. The SMILES string of the molecule is OCCC1CCN(Cc2ccccc2Br)CC1. The van der Waals surface area contributed by atoms with Gasteiger partial charge in [-0.1, -0.05) is 34.1 Å². The lowest BCUT2D eigenvalue weighted by atomic mass is 9.94. The molecule has 0 aliphatic carbocycles. The van der Waals surface area contributed by atoms with Crippen LogP contribution >= 0.6 is 15.9 Å². The highest BCUT2D eigenvalue weighted by Gasteiger charge is 2.18. The number of aliphatic hydroxyl groups is 1. The summed E-state index contributed by atoms with van der Waals surface area (Å²) in [6.45, 7) is 3.69. The van der Waals surface area contributed by atoms with Gasteiger partial charge in [-0.2, -0.15) is 0 Å². The lowest BCUT2D eigenvalue weighted by molar-refractivity contribution is 0.153. The molecule has 0 unspecified atom stereocenters. The normalized spacial score (nSPS) is 18.5. The molecule has 1 fully saturated rings. The van der Waals surface area contributed by atoms with Crippen LogP contribution in [0.3, 0.4) is 0 Å². The largest absolute Gasteiger partial charge is 0.396 e. The molecular weight excluding hydrogens is 278 g/mol. The highest BCUT2D eigenvalue weighted by molar-refractivity contribution is 9.10. The zero-order valence-electron chi connectivity index (χ0n) is 10.1. The lowest BCUT2D eigenvalue weighted by Crippen LogP contribution is -2.33. The maximum absolute atomic E-state index is 8.94. The first-order valence-corrected chi connectivity index (χ1v) is 7.15. The third kappa shape index (κ3) is 3.80. The molecular formula is C14H20BrNO. The van der Waals surface area contributed by atoms with Gasteiger partial charge in [0.25, 0.3) is 0 Å². The van der Waals surface area contributed by atoms with Gasteiger partial charge < -0.3 is 5.11 Å². The van der Waals surface area contributed by atoms with Gasteiger partial charge in [0.15, 0.2) is 0 Å². The highest BCUT2D eigenvalue weighted by Crippen LogP contribution is 2.23. The number of benzene rings is 1. The predicted octanol–water partition coefficient (Wildman–Crippen LogP) is 3.04. The van der Waals surface area contributed by atoms with Crippen molar-refractivity contribution in [3.63, 3.8) is 0 Å². The van der Waals surface area contributed by atoms with Gasteiger partial charge in [0.05, 0.1) is 0 Å². The van der Waals surface area contributed by atoms with Crippen LogP contribution in [0, 0.1) is 5.92 Å². The molecule has 0 saturated carbocycles. The van der Waals surface area contributed by atoms with Gasteiger partial charge >= 0.3 is 0 Å². The van der Waals surface area contributed by atoms with E-state index in [4.69, 9.17) is 5.11 Å². The van der Waals surface area contributed by atoms with Gasteiger partial charge in [-0.3, -0.25) is 4.90 Å². The molecule has 0 amide bonds. The Hall–Kier alpha value is -0.380. The monoisotopic (exact) mass is 297 g/mol. The first-order chi connectivity index (χ1) is 8.29. The van der Waals surface area contributed by atoms with Crippen LogP contribution in [0.15, 0.2) is 28.7 Å². The second-order valence-electron chi connectivity index (χ2n) is 4.82. The van der Waals surface area contributed by atoms with Gasteiger partial charge in [0.2, 0.25) is 0 Å². The molecule has 1 heterocycles. The summed E-state index contributed by atoms with van der Waals surface area (Å²) in [7, 11) is 0. The number of halogens is 1. The third-order valence-corrected chi connectivity index (χ3v) is 4.37. The first kappa shape index (κ1) is 13.1. The maximum atomic E-state index is 8.94. The fourth-order valence-electron chi connectivity index (χ4n) is 2.48. The average Bonchev–Trinajstić information content (AvgIpc) is 2.35. The minimum Gasteiger partial charge on any atom is -0.396 e. The molecule has 0 radical (unpaired) electrons. The summed E-state index contributed by atoms with van der Waals surface area (Å²) in [6.07, 6.45) is 3.43. The Labute approximate surface area is 112 Å². The summed E-state index contributed by atoms with van der Waals surface area (Å²) in [5.74, 6) is 0.732. The summed E-state index contributed by atoms with van der Waals surface area (Å²) in [6, 6.07) is 8.44. The Bertz CT molecular complexity index is 348. The van der Waals surface area contributed by atoms with Crippen LogP contribution < -0.4 is 0 Å². The average molecular weight is 298 g/mol. The summed E-state index contributed by atoms with van der Waals surface area (Å²) in [5.41, 5.74) is 1.37. The lowest BCUT2D eigenvalue weighted by Gasteiger charge is -2.31. The third-order valence-electron chi connectivity index (χ3n) is 3.60. The second kappa shape index (κ2) is 6.53. The molecule has 2 nitrogen and oxygen atoms in total. The summed E-state index contributed by atoms with van der Waals surface area (Å²) >= 11 is 3.60. The molecule has 1 aliphatic rings. The number of piperidine rings is 1. The Morgan fingerprint density at radius 2 is 1.94 bits per heavy atom. The zero-order chi connectivity index (χ0) is 12.1. The molecule has 0 atom stereocenters. The number of hydrogen-bond donors (Lipinski definition) is 1. The molecule has 1 aromatic carbocycles. The van der Waals surface area contributed by atoms with Crippen molar-refractivity contribution in [1.29, 1.82) is 0 Å². The van der Waals surface area contributed by atoms with E-state index in [2.05, 4.69) is 45.1 Å². The van der Waals surface area contributed by atoms with Crippen molar-refractivity contribution in [2.24, 2.45) is 5.92 Å². The van der Waals surface area contributed by atoms with E-state index in [1.165, 1.54) is 22.9 Å². The van der Waals surface area contributed by atoms with Crippen molar-refractivity contribution in [2.75, 3.05) is 19.7 Å². The number of aliphatic hydroxyl groups excluding tert-OH is 1. The summed E-state index contributed by atoms with van der Waals surface area (Å²) in [4.78, 5) is 2.51. The molecule has 0 bridgehead atoms. The van der Waals surface area contributed by atoms with Crippen LogP contribution in [0.1, 0.15) is 24.8 Å². The molecule has 1 saturated heterocycles. The molecule has 17 heavy (non-hydrogen) atoms. The van der Waals surface area contributed by atoms with Crippen molar-refractivity contribution in [3.05, 3.63) is 34.3 Å². The maximum Gasteiger partial charge on any atom is 0.0433 e. The minimum atomic E-state index is 0.342. The minimum absolute atomic E-state index is 0.342. The van der Waals surface area contributed by atoms with E-state index in [1.54, 1.807) is 0 Å². The fourth-order valence-corrected chi connectivity index (χ4v) is 2.89. The van der Waals surface area contributed by atoms with Crippen LogP contribution in [-0.2, 0) is 6.54 Å². The predicted molar refractivity (Wildman–Crippen MR) is 73.8 cm³/mol. The summed E-state index contributed by atoms with van der Waals surface area (Å²) < 4.78 is 1.21. The van der Waals surface area contributed by atoms with Gasteiger partial charge in [0.1, 0.15) is 0 Å². The standard InChI is InChI=1S/C14H20BrNO/c15-14-4-2-1-3-13(14)11-16-8-5-12(6-9-16)7-10-17/h1-4,12,17H,5-11H2. The van der Waals surface area contributed by atoms with E-state index in [9.17, 15) is 0 Å². The van der Waals surface area contributed by atoms with E-state index in [0.717, 1.165) is 32.0 Å². The quantitative estimate of drug-likeness (QED) is 0.923. The highest BCUT2D eigenvalue weighted by atomic mass is 79.9. The van der Waals surface area contributed by atoms with E-state index >= 15 is 0 Å². The van der Waals surface area contributed by atoms with Crippen molar-refractivity contribution >= 4 is 15.9 Å². The number of rotatable bonds is 4. The van der Waals surface area contributed by atoms with E-state index in [1.807, 2.05) is 0 Å². The van der Waals surface area contributed by atoms with Crippen LogP contribution in [0.4, 0.5) is 0 Å². The molecule has 1 aromatic rings. The Balaban J connectivity index is 1.84. The molecule has 0 spiro atoms. The van der Waals surface area contributed by atoms with Gasteiger partial charge in [-0.15, -0.1) is 0 Å². The summed E-state index contributed by atoms with van der Waals surface area (Å²) in [5, 5.41) is 8.94. The van der Waals surface area contributed by atoms with Crippen molar-refractivity contribution < 1.29 is 5.11 Å². The Kier molecular flexibility index (Phi) is 5.01. The van der Waals surface area contributed by atoms with Crippen LogP contribution in [-0.4, -0.2) is 29.7 Å². The van der Waals surface area contributed by atoms with Crippen molar-refractivity contribution in [2.45, 2.75) is 25.8 Å². The topological polar surface area (TPSA) is 23.5 Å². The number of hydrogen-bond acceptors (Lipinski definition) is 2. The number of likely N-dealkylation sites (tertiary alicyclic amines) is 1. The van der Waals surface area contributed by atoms with Crippen LogP contribution in [0.25, 0.3) is 0 Å². The fraction of sp³-hybridized carbons (Fsp3) is 0.571. The van der Waals surface area contributed by atoms with Gasteiger partial charge in [-0.05, 0) is 49.9 Å². The second-order valence-corrected chi connectivity index (χ2v) is 5.68. The van der Waals surface area contributed by atoms with Crippen LogP contribution in [0.5, 0.6) is 0 Å². The van der Waals surface area contributed by atoms with Crippen molar-refractivity contribution in [3.8, 4) is 0 Å². The van der Waals surface area contributed by atoms with Gasteiger partial charge in [-0.25, -0.2) is 0 Å². The molecule has 94 valence electrons. The molecule has 0 aromatic heterocycles. The first-order valence-electron chi connectivity index (χ1n) is 6.36. The van der Waals surface area contributed by atoms with Crippen LogP contribution in [0.2, 0.25) is 0 Å². The Morgan fingerprint density at radius 1 is 1.24 bits per heavy atom.